The Morgan fingerprint density at radius 3 is 2.44 bits per heavy atom. The van der Waals surface area contributed by atoms with Crippen LogP contribution in [0.15, 0.2) is 0 Å². The average molecular weight is 227 g/mol. The molecule has 1 N–H and O–H groups in total. The molecule has 1 atom stereocenters. The Balaban J connectivity index is 0.000000606. The first kappa shape index (κ1) is 13.5. The van der Waals surface area contributed by atoms with Gasteiger partial charge in [-0.2, -0.15) is 0 Å². The van der Waals surface area contributed by atoms with E-state index in [1.165, 1.54) is 39.2 Å². The van der Waals surface area contributed by atoms with Crippen LogP contribution in [0.1, 0.15) is 52.4 Å². The summed E-state index contributed by atoms with van der Waals surface area (Å²) in [4.78, 5) is 11.4. The maximum atomic E-state index is 11.4. The summed E-state index contributed by atoms with van der Waals surface area (Å²) >= 11 is 0. The molecule has 0 amide bonds. The van der Waals surface area contributed by atoms with Crippen molar-refractivity contribution in [2.24, 2.45) is 5.41 Å². The van der Waals surface area contributed by atoms with Crippen molar-refractivity contribution in [3.63, 3.8) is 0 Å². The number of rotatable bonds is 1. The van der Waals surface area contributed by atoms with Crippen molar-refractivity contribution in [2.75, 3.05) is 13.7 Å². The van der Waals surface area contributed by atoms with Crippen LogP contribution < -0.4 is 5.32 Å². The second kappa shape index (κ2) is 6.24. The average Bonchev–Trinajstić information content (AvgIpc) is 2.76. The molecule has 1 unspecified atom stereocenters. The summed E-state index contributed by atoms with van der Waals surface area (Å²) in [6.07, 6.45) is 7.58. The lowest BCUT2D eigenvalue weighted by Gasteiger charge is -2.32. The topological polar surface area (TPSA) is 38.3 Å². The third kappa shape index (κ3) is 2.97. The molecule has 0 aromatic heterocycles. The van der Waals surface area contributed by atoms with E-state index >= 15 is 0 Å². The monoisotopic (exact) mass is 227 g/mol. The van der Waals surface area contributed by atoms with Gasteiger partial charge < -0.3 is 10.1 Å². The summed E-state index contributed by atoms with van der Waals surface area (Å²) in [5, 5.41) is 3.29. The summed E-state index contributed by atoms with van der Waals surface area (Å²) in [6.45, 7) is 5.01. The lowest BCUT2D eigenvalue weighted by Crippen LogP contribution is -2.31. The highest BCUT2D eigenvalue weighted by Gasteiger charge is 2.42. The van der Waals surface area contributed by atoms with Crippen molar-refractivity contribution in [1.82, 2.24) is 5.32 Å². The molecular weight excluding hydrogens is 202 g/mol. The Hall–Kier alpha value is -0.570. The number of ether oxygens (including phenoxy) is 1. The van der Waals surface area contributed by atoms with Crippen LogP contribution in [0.3, 0.4) is 0 Å². The molecule has 16 heavy (non-hydrogen) atoms. The molecule has 3 nitrogen and oxygen atoms in total. The highest BCUT2D eigenvalue weighted by molar-refractivity contribution is 5.76. The van der Waals surface area contributed by atoms with E-state index in [1.807, 2.05) is 13.8 Å². The molecule has 1 spiro atoms. The van der Waals surface area contributed by atoms with Gasteiger partial charge in [0, 0.05) is 6.54 Å². The van der Waals surface area contributed by atoms with E-state index < -0.39 is 0 Å². The summed E-state index contributed by atoms with van der Waals surface area (Å²) in [7, 11) is 1.47. The van der Waals surface area contributed by atoms with E-state index in [2.05, 4.69) is 5.32 Å². The van der Waals surface area contributed by atoms with Gasteiger partial charge in [-0.15, -0.1) is 0 Å². The number of hydrogen-bond donors (Lipinski definition) is 1. The van der Waals surface area contributed by atoms with Crippen LogP contribution >= 0.6 is 0 Å². The predicted molar refractivity (Wildman–Crippen MR) is 65.3 cm³/mol. The van der Waals surface area contributed by atoms with Gasteiger partial charge in [0.25, 0.3) is 0 Å². The summed E-state index contributed by atoms with van der Waals surface area (Å²) in [5.41, 5.74) is 0.414. The molecule has 2 aliphatic rings. The van der Waals surface area contributed by atoms with Gasteiger partial charge in [-0.1, -0.05) is 33.1 Å². The molecule has 1 heterocycles. The predicted octanol–water partition coefficient (Wildman–Crippen LogP) is 2.50. The van der Waals surface area contributed by atoms with Crippen molar-refractivity contribution in [3.8, 4) is 0 Å². The van der Waals surface area contributed by atoms with E-state index in [9.17, 15) is 4.79 Å². The Labute approximate surface area is 98.9 Å². The molecular formula is C13H25NO2. The smallest absolute Gasteiger partial charge is 0.322 e. The van der Waals surface area contributed by atoms with Gasteiger partial charge >= 0.3 is 5.97 Å². The SMILES string of the molecule is CC.COC(=O)C1CC2(CCCCC2)CN1. The minimum atomic E-state index is -0.0903. The fourth-order valence-electron chi connectivity index (χ4n) is 2.91. The number of methoxy groups -OCH3 is 1. The summed E-state index contributed by atoms with van der Waals surface area (Å²) < 4.78 is 4.77. The number of hydrogen-bond acceptors (Lipinski definition) is 3. The van der Waals surface area contributed by atoms with E-state index in [0.717, 1.165) is 13.0 Å². The van der Waals surface area contributed by atoms with Gasteiger partial charge in [0.1, 0.15) is 6.04 Å². The van der Waals surface area contributed by atoms with Crippen molar-refractivity contribution in [1.29, 1.82) is 0 Å². The van der Waals surface area contributed by atoms with Crippen molar-refractivity contribution in [2.45, 2.75) is 58.4 Å². The molecule has 3 heteroatoms. The van der Waals surface area contributed by atoms with Gasteiger partial charge in [-0.3, -0.25) is 4.79 Å². The van der Waals surface area contributed by atoms with Crippen molar-refractivity contribution >= 4 is 5.97 Å². The third-order valence-corrected chi connectivity index (χ3v) is 3.76. The fraction of sp³-hybridized carbons (Fsp3) is 0.923. The minimum absolute atomic E-state index is 0.0434. The van der Waals surface area contributed by atoms with E-state index in [4.69, 9.17) is 4.74 Å². The molecule has 0 bridgehead atoms. The maximum Gasteiger partial charge on any atom is 0.322 e. The highest BCUT2D eigenvalue weighted by atomic mass is 16.5. The maximum absolute atomic E-state index is 11.4. The first-order chi connectivity index (χ1) is 7.76. The fourth-order valence-corrected chi connectivity index (χ4v) is 2.91. The largest absolute Gasteiger partial charge is 0.468 e. The Morgan fingerprint density at radius 2 is 1.88 bits per heavy atom. The molecule has 94 valence electrons. The van der Waals surface area contributed by atoms with Crippen LogP contribution in [0.4, 0.5) is 0 Å². The molecule has 1 saturated heterocycles. The van der Waals surface area contributed by atoms with E-state index in [0.29, 0.717) is 5.41 Å². The molecule has 1 aliphatic carbocycles. The van der Waals surface area contributed by atoms with Gasteiger partial charge in [0.2, 0.25) is 0 Å². The highest BCUT2D eigenvalue weighted by Crippen LogP contribution is 2.42. The molecule has 0 radical (unpaired) electrons. The van der Waals surface area contributed by atoms with Crippen LogP contribution in [0.5, 0.6) is 0 Å². The van der Waals surface area contributed by atoms with Crippen LogP contribution in [0.2, 0.25) is 0 Å². The van der Waals surface area contributed by atoms with Gasteiger partial charge in [-0.25, -0.2) is 0 Å². The van der Waals surface area contributed by atoms with Crippen molar-refractivity contribution in [3.05, 3.63) is 0 Å². The van der Waals surface area contributed by atoms with E-state index in [1.54, 1.807) is 0 Å². The molecule has 0 aromatic rings. The Kier molecular flexibility index (Phi) is 5.26. The normalized spacial score (nSPS) is 27.1. The second-order valence-corrected chi connectivity index (χ2v) is 4.72. The van der Waals surface area contributed by atoms with Crippen molar-refractivity contribution < 1.29 is 9.53 Å². The summed E-state index contributed by atoms with van der Waals surface area (Å²) in [5.74, 6) is -0.0903. The Bertz CT molecular complexity index is 222. The van der Waals surface area contributed by atoms with Gasteiger partial charge in [0.15, 0.2) is 0 Å². The zero-order valence-corrected chi connectivity index (χ0v) is 10.8. The molecule has 1 saturated carbocycles. The summed E-state index contributed by atoms with van der Waals surface area (Å²) in [6, 6.07) is -0.0434. The number of nitrogens with one attached hydrogen (secondary N) is 1. The van der Waals surface area contributed by atoms with Crippen LogP contribution in [0, 0.1) is 5.41 Å². The number of carbonyl (C=O) groups excluding carboxylic acids is 1. The van der Waals surface area contributed by atoms with Crippen LogP contribution in [-0.2, 0) is 9.53 Å². The minimum Gasteiger partial charge on any atom is -0.468 e. The molecule has 0 aromatic carbocycles. The standard InChI is InChI=1S/C11H19NO2.C2H6/c1-14-10(13)9-7-11(8-12-9)5-3-2-4-6-11;1-2/h9,12H,2-8H2,1H3;1-2H3. The lowest BCUT2D eigenvalue weighted by atomic mass is 9.73. The van der Waals surface area contributed by atoms with Gasteiger partial charge in [0.05, 0.1) is 7.11 Å². The number of esters is 1. The molecule has 1 aliphatic heterocycles. The van der Waals surface area contributed by atoms with E-state index in [-0.39, 0.29) is 12.0 Å². The van der Waals surface area contributed by atoms with Crippen LogP contribution in [-0.4, -0.2) is 25.7 Å². The zero-order valence-electron chi connectivity index (χ0n) is 10.8. The molecule has 2 rings (SSSR count). The first-order valence-corrected chi connectivity index (χ1v) is 6.57. The first-order valence-electron chi connectivity index (χ1n) is 6.57. The quantitative estimate of drug-likeness (QED) is 0.699. The second-order valence-electron chi connectivity index (χ2n) is 4.72. The zero-order chi connectivity index (χ0) is 12.0. The molecule has 2 fully saturated rings. The Morgan fingerprint density at radius 1 is 1.25 bits per heavy atom. The lowest BCUT2D eigenvalue weighted by molar-refractivity contribution is -0.142. The number of carbonyl (C=O) groups is 1. The van der Waals surface area contributed by atoms with Gasteiger partial charge in [-0.05, 0) is 24.7 Å². The van der Waals surface area contributed by atoms with Crippen LogP contribution in [0.25, 0.3) is 0 Å². The third-order valence-electron chi connectivity index (χ3n) is 3.76.